The lowest BCUT2D eigenvalue weighted by Crippen LogP contribution is -1.81. The third-order valence-corrected chi connectivity index (χ3v) is 5.87. The van der Waals surface area contributed by atoms with Crippen molar-refractivity contribution in [3.8, 4) is 11.1 Å². The van der Waals surface area contributed by atoms with E-state index < -0.39 is 0 Å². The summed E-state index contributed by atoms with van der Waals surface area (Å²) in [5, 5.41) is 3.37. The first-order valence-corrected chi connectivity index (χ1v) is 9.18. The molecular formula is C23H15ClS. The highest BCUT2D eigenvalue weighted by Crippen LogP contribution is 2.43. The Morgan fingerprint density at radius 2 is 1.76 bits per heavy atom. The van der Waals surface area contributed by atoms with E-state index >= 15 is 0 Å². The summed E-state index contributed by atoms with van der Waals surface area (Å²) in [7, 11) is 0. The first-order chi connectivity index (χ1) is 13.9. The number of thiophene rings is 1. The largest absolute Gasteiger partial charge is 0.135 e. The summed E-state index contributed by atoms with van der Waals surface area (Å²) < 4.78 is 35.4. The maximum atomic E-state index is 8.68. The summed E-state index contributed by atoms with van der Waals surface area (Å²) in [6.45, 7) is 2.00. The van der Waals surface area contributed by atoms with Crippen molar-refractivity contribution in [1.82, 2.24) is 0 Å². The molecule has 0 spiro atoms. The summed E-state index contributed by atoms with van der Waals surface area (Å²) in [4.78, 5) is 0. The number of fused-ring (bicyclic) bond motifs is 4. The van der Waals surface area contributed by atoms with Gasteiger partial charge in [-0.05, 0) is 41.4 Å². The number of halogens is 1. The standard InChI is InChI=1S/C23H15ClS/c1-14-6-8-15(9-7-14)18-10-11-20-22(23(18)24)19-12-16-4-2-3-5-17(16)13-21(19)25-20/h2-13H,1H3/i5D,10D,11D,13D. The highest BCUT2D eigenvalue weighted by Gasteiger charge is 2.14. The van der Waals surface area contributed by atoms with Crippen LogP contribution in [-0.4, -0.2) is 0 Å². The average molecular weight is 363 g/mol. The highest BCUT2D eigenvalue weighted by atomic mass is 35.5. The second kappa shape index (κ2) is 5.59. The van der Waals surface area contributed by atoms with Crippen LogP contribution in [0.3, 0.4) is 0 Å². The molecule has 0 N–H and O–H groups in total. The molecule has 0 aliphatic heterocycles. The van der Waals surface area contributed by atoms with E-state index in [0.29, 0.717) is 36.8 Å². The van der Waals surface area contributed by atoms with Gasteiger partial charge in [-0.15, -0.1) is 11.3 Å². The molecule has 0 aliphatic carbocycles. The van der Waals surface area contributed by atoms with Crippen LogP contribution in [0.25, 0.3) is 42.1 Å². The van der Waals surface area contributed by atoms with Crippen molar-refractivity contribution in [3.63, 3.8) is 0 Å². The Kier molecular flexibility index (Phi) is 2.53. The number of rotatable bonds is 1. The highest BCUT2D eigenvalue weighted by molar-refractivity contribution is 7.26. The van der Waals surface area contributed by atoms with Crippen LogP contribution in [0.1, 0.15) is 11.0 Å². The average Bonchev–Trinajstić information content (AvgIpc) is 3.08. The van der Waals surface area contributed by atoms with Crippen LogP contribution in [0.15, 0.2) is 72.7 Å². The maximum Gasteiger partial charge on any atom is 0.0644 e. The second-order valence-corrected chi connectivity index (χ2v) is 7.52. The van der Waals surface area contributed by atoms with Gasteiger partial charge in [0.25, 0.3) is 0 Å². The van der Waals surface area contributed by atoms with Crippen LogP contribution in [0.4, 0.5) is 0 Å². The zero-order valence-electron chi connectivity index (χ0n) is 17.4. The van der Waals surface area contributed by atoms with E-state index in [1.54, 1.807) is 6.07 Å². The molecule has 5 aromatic rings. The zero-order valence-corrected chi connectivity index (χ0v) is 15.0. The molecular weight excluding hydrogens is 344 g/mol. The van der Waals surface area contributed by atoms with Gasteiger partial charge in [0.2, 0.25) is 0 Å². The van der Waals surface area contributed by atoms with Crippen molar-refractivity contribution in [2.24, 2.45) is 0 Å². The minimum atomic E-state index is 0.0928. The van der Waals surface area contributed by atoms with E-state index in [0.717, 1.165) is 21.9 Å². The molecule has 25 heavy (non-hydrogen) atoms. The van der Waals surface area contributed by atoms with Gasteiger partial charge in [-0.25, -0.2) is 0 Å². The Morgan fingerprint density at radius 3 is 2.60 bits per heavy atom. The molecule has 120 valence electrons. The summed E-state index contributed by atoms with van der Waals surface area (Å²) in [5.41, 5.74) is 2.46. The van der Waals surface area contributed by atoms with Crippen LogP contribution in [0.2, 0.25) is 5.02 Å². The molecule has 0 atom stereocenters. The topological polar surface area (TPSA) is 0 Å². The van der Waals surface area contributed by atoms with Crippen LogP contribution in [0.5, 0.6) is 0 Å². The van der Waals surface area contributed by atoms with Crippen molar-refractivity contribution < 1.29 is 5.48 Å². The molecule has 0 saturated carbocycles. The van der Waals surface area contributed by atoms with Gasteiger partial charge in [-0.3, -0.25) is 0 Å². The number of benzene rings is 4. The van der Waals surface area contributed by atoms with E-state index in [1.165, 1.54) is 11.3 Å². The second-order valence-electron chi connectivity index (χ2n) is 6.12. The smallest absolute Gasteiger partial charge is 0.0644 e. The molecule has 0 bridgehead atoms. The predicted octanol–water partition coefficient (Wildman–Crippen LogP) is 7.84. The van der Waals surface area contributed by atoms with Gasteiger partial charge >= 0.3 is 0 Å². The van der Waals surface area contributed by atoms with Gasteiger partial charge in [0, 0.05) is 25.7 Å². The van der Waals surface area contributed by atoms with Crippen molar-refractivity contribution in [3.05, 3.63) is 83.3 Å². The Balaban J connectivity index is 1.97. The maximum absolute atomic E-state index is 8.68. The Labute approximate surface area is 160 Å². The quantitative estimate of drug-likeness (QED) is 0.285. The minimum Gasteiger partial charge on any atom is -0.135 e. The molecule has 0 aliphatic rings. The van der Waals surface area contributed by atoms with Crippen molar-refractivity contribution in [1.29, 1.82) is 0 Å². The van der Waals surface area contributed by atoms with Gasteiger partial charge in [-0.2, -0.15) is 0 Å². The fraction of sp³-hybridized carbons (Fsp3) is 0.0435. The molecule has 1 heterocycles. The van der Waals surface area contributed by atoms with Crippen LogP contribution >= 0.6 is 22.9 Å². The van der Waals surface area contributed by atoms with Gasteiger partial charge in [0.15, 0.2) is 0 Å². The molecule has 4 aromatic carbocycles. The third-order valence-electron chi connectivity index (χ3n) is 4.45. The first-order valence-electron chi connectivity index (χ1n) is 9.99. The van der Waals surface area contributed by atoms with E-state index in [2.05, 4.69) is 0 Å². The number of hydrogen-bond acceptors (Lipinski definition) is 1. The van der Waals surface area contributed by atoms with E-state index in [1.807, 2.05) is 49.4 Å². The van der Waals surface area contributed by atoms with Crippen LogP contribution in [0, 0.1) is 6.92 Å². The Bertz CT molecular complexity index is 1450. The minimum absolute atomic E-state index is 0.0928. The fourth-order valence-electron chi connectivity index (χ4n) is 3.15. The molecule has 5 rings (SSSR count). The summed E-state index contributed by atoms with van der Waals surface area (Å²) >= 11 is 8.16. The lowest BCUT2D eigenvalue weighted by molar-refractivity contribution is 1.47. The normalized spacial score (nSPS) is 13.8. The zero-order chi connectivity index (χ0) is 20.4. The van der Waals surface area contributed by atoms with E-state index in [-0.39, 0.29) is 18.1 Å². The van der Waals surface area contributed by atoms with Crippen molar-refractivity contribution >= 4 is 53.9 Å². The monoisotopic (exact) mass is 362 g/mol. The molecule has 0 nitrogen and oxygen atoms in total. The first kappa shape index (κ1) is 11.3. The SMILES string of the molecule is [2H]c1c(-c2ccc(C)cc2)c(Cl)c2c(sc3c([2H])c4c([2H])cccc4cc32)c1[2H]. The van der Waals surface area contributed by atoms with Gasteiger partial charge in [-0.1, -0.05) is 71.7 Å². The molecule has 0 unspecified atom stereocenters. The third kappa shape index (κ3) is 2.35. The molecule has 2 heteroatoms. The van der Waals surface area contributed by atoms with Gasteiger partial charge in [0.1, 0.15) is 0 Å². The molecule has 0 amide bonds. The summed E-state index contributed by atoms with van der Waals surface area (Å²) in [5.74, 6) is 0. The van der Waals surface area contributed by atoms with E-state index in [9.17, 15) is 0 Å². The van der Waals surface area contributed by atoms with Crippen LogP contribution in [-0.2, 0) is 0 Å². The summed E-state index contributed by atoms with van der Waals surface area (Å²) in [6.07, 6.45) is 0. The van der Waals surface area contributed by atoms with Crippen molar-refractivity contribution in [2.75, 3.05) is 0 Å². The lowest BCUT2D eigenvalue weighted by Gasteiger charge is -2.07. The lowest BCUT2D eigenvalue weighted by atomic mass is 10.0. The van der Waals surface area contributed by atoms with Crippen molar-refractivity contribution in [2.45, 2.75) is 6.92 Å². The fourth-order valence-corrected chi connectivity index (χ4v) is 4.60. The summed E-state index contributed by atoms with van der Waals surface area (Å²) in [6, 6.07) is 15.9. The number of aryl methyl sites for hydroxylation is 1. The molecule has 0 saturated heterocycles. The molecule has 1 aromatic heterocycles. The van der Waals surface area contributed by atoms with Crippen LogP contribution < -0.4 is 0 Å². The number of hydrogen-bond donors (Lipinski definition) is 0. The van der Waals surface area contributed by atoms with E-state index in [4.69, 9.17) is 17.1 Å². The van der Waals surface area contributed by atoms with Gasteiger partial charge < -0.3 is 0 Å². The predicted molar refractivity (Wildman–Crippen MR) is 112 cm³/mol. The van der Waals surface area contributed by atoms with Gasteiger partial charge in [0.05, 0.1) is 10.5 Å². The molecule has 0 radical (unpaired) electrons. The molecule has 0 fully saturated rings. The Hall–Kier alpha value is -2.35. The Morgan fingerprint density at radius 1 is 0.920 bits per heavy atom.